The molecule has 0 fully saturated rings. The zero-order valence-corrected chi connectivity index (χ0v) is 13.1. The number of hydrogen-bond acceptors (Lipinski definition) is 6. The van der Waals surface area contributed by atoms with Crippen LogP contribution in [0.3, 0.4) is 0 Å². The Hall–Kier alpha value is -0.360. The van der Waals surface area contributed by atoms with Crippen LogP contribution in [0.15, 0.2) is 21.9 Å². The van der Waals surface area contributed by atoms with E-state index in [1.165, 1.54) is 0 Å². The largest absolute Gasteiger partial charge is 0.495 e. The van der Waals surface area contributed by atoms with Crippen molar-refractivity contribution in [2.45, 2.75) is 9.79 Å². The van der Waals surface area contributed by atoms with Gasteiger partial charge >= 0.3 is 0 Å². The molecule has 1 rings (SSSR count). The van der Waals surface area contributed by atoms with Crippen LogP contribution in [0.25, 0.3) is 0 Å². The van der Waals surface area contributed by atoms with Crippen LogP contribution in [-0.4, -0.2) is 62.6 Å². The summed E-state index contributed by atoms with van der Waals surface area (Å²) in [5, 5.41) is 0. The van der Waals surface area contributed by atoms with Crippen molar-refractivity contribution >= 4 is 55.5 Å². The van der Waals surface area contributed by atoms with Gasteiger partial charge in [-0.2, -0.15) is 16.8 Å². The second kappa shape index (κ2) is 5.74. The van der Waals surface area contributed by atoms with Crippen LogP contribution in [0.5, 0.6) is 5.75 Å². The predicted octanol–water partition coefficient (Wildman–Crippen LogP) is -0.610. The van der Waals surface area contributed by atoms with Crippen molar-refractivity contribution in [1.29, 1.82) is 0 Å². The summed E-state index contributed by atoms with van der Waals surface area (Å²) in [5.41, 5.74) is 4.73. The molecule has 0 aromatic heterocycles. The van der Waals surface area contributed by atoms with Crippen molar-refractivity contribution in [2.24, 2.45) is 0 Å². The molecule has 1 radical (unpaired) electrons. The number of hydrogen-bond donors (Lipinski definition) is 3. The summed E-state index contributed by atoms with van der Waals surface area (Å²) in [4.78, 5) is -1.40. The number of anilines is 1. The molecule has 0 atom stereocenters. The van der Waals surface area contributed by atoms with Gasteiger partial charge in [-0.05, 0) is 6.07 Å². The first-order chi connectivity index (χ1) is 7.57. The fraction of sp³-hybridized carbons (Fsp3) is 0.143. The number of benzene rings is 1. The summed E-state index contributed by atoms with van der Waals surface area (Å²) in [5.74, 6) is -0.450. The zero-order valence-electron chi connectivity index (χ0n) is 9.48. The fourth-order valence-corrected chi connectivity index (χ4v) is 2.43. The van der Waals surface area contributed by atoms with Crippen LogP contribution in [0.1, 0.15) is 0 Å². The molecule has 0 aliphatic heterocycles. The van der Waals surface area contributed by atoms with Crippen molar-refractivity contribution in [1.82, 2.24) is 0 Å². The Bertz CT molecular complexity index is 653. The Kier molecular flexibility index (Phi) is 5.62. The molecule has 0 aliphatic carbocycles. The van der Waals surface area contributed by atoms with E-state index in [4.69, 9.17) is 14.8 Å². The van der Waals surface area contributed by atoms with Crippen molar-refractivity contribution in [3.8, 4) is 5.75 Å². The Morgan fingerprint density at radius 3 is 1.83 bits per heavy atom. The van der Waals surface area contributed by atoms with E-state index in [2.05, 4.69) is 4.74 Å². The Morgan fingerprint density at radius 2 is 1.50 bits per heavy atom. The maximum atomic E-state index is 10.9. The molecule has 0 amide bonds. The summed E-state index contributed by atoms with van der Waals surface area (Å²) in [6.45, 7) is 0. The van der Waals surface area contributed by atoms with E-state index in [-0.39, 0.29) is 29.6 Å². The summed E-state index contributed by atoms with van der Waals surface area (Å²) in [7, 11) is -8.16. The molecule has 18 heavy (non-hydrogen) atoms. The smallest absolute Gasteiger partial charge is 0.298 e. The average molecular weight is 306 g/mol. The molecule has 0 bridgehead atoms. The van der Waals surface area contributed by atoms with Gasteiger partial charge in [0.2, 0.25) is 0 Å². The van der Waals surface area contributed by atoms with Gasteiger partial charge in [0, 0.05) is 35.6 Å². The summed E-state index contributed by atoms with van der Waals surface area (Å²) < 4.78 is 65.9. The molecule has 0 saturated heterocycles. The van der Waals surface area contributed by atoms with E-state index in [9.17, 15) is 16.8 Å². The monoisotopic (exact) mass is 306 g/mol. The van der Waals surface area contributed by atoms with Crippen LogP contribution >= 0.6 is 0 Å². The second-order valence-corrected chi connectivity index (χ2v) is 5.77. The van der Waals surface area contributed by atoms with Crippen molar-refractivity contribution in [3.05, 3.63) is 12.1 Å². The van der Waals surface area contributed by atoms with Gasteiger partial charge in [0.15, 0.2) is 0 Å². The molecule has 8 nitrogen and oxygen atoms in total. The Balaban J connectivity index is 0.00000289. The molecule has 0 spiro atoms. The first-order valence-corrected chi connectivity index (χ1v) is 6.88. The van der Waals surface area contributed by atoms with Gasteiger partial charge in [-0.1, -0.05) is 0 Å². The van der Waals surface area contributed by atoms with E-state index >= 15 is 0 Å². The van der Waals surface area contributed by atoms with Gasteiger partial charge in [-0.25, -0.2) is 0 Å². The van der Waals surface area contributed by atoms with Gasteiger partial charge in [-0.3, -0.25) is 9.11 Å². The van der Waals surface area contributed by atoms with Crippen molar-refractivity contribution in [2.75, 3.05) is 12.8 Å². The number of ether oxygens (including phenoxy) is 1. The normalized spacial score (nSPS) is 11.7. The number of nitrogens with two attached hydrogens (primary N) is 1. The third-order valence-electron chi connectivity index (χ3n) is 1.85. The Labute approximate surface area is 126 Å². The minimum Gasteiger partial charge on any atom is -0.495 e. The topological polar surface area (TPSA) is 144 Å². The molecule has 1 aromatic rings. The van der Waals surface area contributed by atoms with Crippen LogP contribution in [-0.2, 0) is 20.2 Å². The van der Waals surface area contributed by atoms with Crippen molar-refractivity contribution < 1.29 is 30.7 Å². The predicted molar refractivity (Wildman–Crippen MR) is 62.8 cm³/mol. The molecule has 0 heterocycles. The molecule has 4 N–H and O–H groups in total. The summed E-state index contributed by atoms with van der Waals surface area (Å²) >= 11 is 0. The van der Waals surface area contributed by atoms with Gasteiger partial charge in [0.05, 0.1) is 12.8 Å². The minimum atomic E-state index is -4.61. The zero-order chi connectivity index (χ0) is 13.4. The molecule has 0 saturated carbocycles. The Morgan fingerprint density at radius 1 is 1.06 bits per heavy atom. The number of nitrogen functional groups attached to an aromatic ring is 1. The third kappa shape index (κ3) is 3.82. The quantitative estimate of drug-likeness (QED) is 0.381. The summed E-state index contributed by atoms with van der Waals surface area (Å²) in [6.07, 6.45) is 0. The second-order valence-electron chi connectivity index (χ2n) is 2.99. The van der Waals surface area contributed by atoms with E-state index in [1.54, 1.807) is 0 Å². The number of rotatable bonds is 3. The van der Waals surface area contributed by atoms with E-state index in [0.29, 0.717) is 12.1 Å². The molecule has 0 aliphatic rings. The maximum absolute atomic E-state index is 10.9. The van der Waals surface area contributed by atoms with Crippen LogP contribution in [0.4, 0.5) is 5.69 Å². The van der Waals surface area contributed by atoms with E-state index in [1.807, 2.05) is 0 Å². The fourth-order valence-electron chi connectivity index (χ4n) is 1.14. The molecular formula is C7H9NNaO7S2. The van der Waals surface area contributed by atoms with Gasteiger partial charge in [0.25, 0.3) is 20.2 Å². The molecule has 0 unspecified atom stereocenters. The third-order valence-corrected chi connectivity index (χ3v) is 3.64. The molecule has 97 valence electrons. The van der Waals surface area contributed by atoms with Gasteiger partial charge in [-0.15, -0.1) is 0 Å². The molecule has 11 heteroatoms. The van der Waals surface area contributed by atoms with Crippen LogP contribution in [0.2, 0.25) is 0 Å². The molecular weight excluding hydrogens is 297 g/mol. The van der Waals surface area contributed by atoms with E-state index < -0.39 is 41.5 Å². The van der Waals surface area contributed by atoms with Gasteiger partial charge < -0.3 is 10.5 Å². The standard InChI is InChI=1S/C7H9NO7S2.Na/c1-15-5-3-6(16(9,10)11)4(8)2-7(5)17(12,13)14;/h2-3H,8H2,1H3,(H,9,10,11)(H,12,13,14);. The first-order valence-electron chi connectivity index (χ1n) is 4.00. The van der Waals surface area contributed by atoms with E-state index in [0.717, 1.165) is 7.11 Å². The van der Waals surface area contributed by atoms with Crippen LogP contribution in [0, 0.1) is 0 Å². The van der Waals surface area contributed by atoms with Crippen molar-refractivity contribution in [3.63, 3.8) is 0 Å². The minimum absolute atomic E-state index is 0. The average Bonchev–Trinajstić information content (AvgIpc) is 2.14. The molecule has 1 aromatic carbocycles. The summed E-state index contributed by atoms with van der Waals surface area (Å²) in [6, 6.07) is 1.38. The SMILES string of the molecule is COc1cc(S(=O)(=O)O)c(N)cc1S(=O)(=O)O.[Na]. The number of methoxy groups -OCH3 is 1. The first kappa shape index (κ1) is 17.6. The van der Waals surface area contributed by atoms with Crippen LogP contribution < -0.4 is 10.5 Å². The van der Waals surface area contributed by atoms with Gasteiger partial charge in [0.1, 0.15) is 15.5 Å². The maximum Gasteiger partial charge on any atom is 0.298 e.